The van der Waals surface area contributed by atoms with Crippen molar-refractivity contribution in [1.29, 1.82) is 0 Å². The lowest BCUT2D eigenvalue weighted by Crippen LogP contribution is -2.48. The number of thiazole rings is 1. The van der Waals surface area contributed by atoms with Crippen LogP contribution in [0.25, 0.3) is 10.2 Å². The van der Waals surface area contributed by atoms with E-state index in [1.807, 2.05) is 29.2 Å². The largest absolute Gasteiger partial charge is 0.416 e. The van der Waals surface area contributed by atoms with Gasteiger partial charge in [0.25, 0.3) is 0 Å². The van der Waals surface area contributed by atoms with Crippen LogP contribution in [0.4, 0.5) is 24.0 Å². The van der Waals surface area contributed by atoms with Gasteiger partial charge in [-0.3, -0.25) is 9.69 Å². The number of amides is 1. The molecule has 4 rings (SSSR count). The van der Waals surface area contributed by atoms with Crippen LogP contribution < -0.4 is 10.2 Å². The van der Waals surface area contributed by atoms with Crippen LogP contribution in [0, 0.1) is 0 Å². The molecule has 1 aromatic heterocycles. The van der Waals surface area contributed by atoms with Crippen LogP contribution in [-0.4, -0.2) is 48.5 Å². The molecule has 0 radical (unpaired) electrons. The minimum atomic E-state index is -4.43. The Morgan fingerprint density at radius 3 is 2.55 bits per heavy atom. The number of rotatable bonds is 4. The Balaban J connectivity index is 1.31. The first kappa shape index (κ1) is 19.7. The van der Waals surface area contributed by atoms with Crippen molar-refractivity contribution < 1.29 is 18.0 Å². The molecular weight excluding hydrogens is 401 g/mol. The van der Waals surface area contributed by atoms with Crippen LogP contribution >= 0.6 is 11.3 Å². The predicted octanol–water partition coefficient (Wildman–Crippen LogP) is 4.08. The zero-order valence-electron chi connectivity index (χ0n) is 15.4. The number of para-hydroxylation sites is 1. The fraction of sp³-hybridized carbons (Fsp3) is 0.300. The maximum absolute atomic E-state index is 12.8. The van der Waals surface area contributed by atoms with E-state index in [4.69, 9.17) is 0 Å². The minimum Gasteiger partial charge on any atom is -0.345 e. The van der Waals surface area contributed by atoms with Crippen LogP contribution in [0.2, 0.25) is 0 Å². The molecule has 1 aliphatic heterocycles. The Morgan fingerprint density at radius 2 is 1.83 bits per heavy atom. The molecule has 3 aromatic rings. The third-order valence-electron chi connectivity index (χ3n) is 4.77. The number of benzene rings is 2. The summed E-state index contributed by atoms with van der Waals surface area (Å²) in [6.07, 6.45) is -4.43. The quantitative estimate of drug-likeness (QED) is 0.691. The molecule has 2 aromatic carbocycles. The molecule has 2 heterocycles. The maximum atomic E-state index is 12.8. The minimum absolute atomic E-state index is 0.143. The van der Waals surface area contributed by atoms with E-state index in [0.29, 0.717) is 13.1 Å². The molecule has 1 amide bonds. The lowest BCUT2D eigenvalue weighted by molar-refractivity contribution is -0.137. The number of nitrogens with one attached hydrogen (secondary N) is 1. The number of hydrogen-bond acceptors (Lipinski definition) is 5. The van der Waals surface area contributed by atoms with E-state index < -0.39 is 11.7 Å². The Labute approximate surface area is 169 Å². The van der Waals surface area contributed by atoms with E-state index in [1.165, 1.54) is 12.1 Å². The smallest absolute Gasteiger partial charge is 0.345 e. The number of aromatic nitrogens is 1. The third-order valence-corrected chi connectivity index (χ3v) is 5.86. The first-order chi connectivity index (χ1) is 13.9. The molecule has 29 heavy (non-hydrogen) atoms. The van der Waals surface area contributed by atoms with Gasteiger partial charge in [-0.05, 0) is 30.3 Å². The molecule has 0 spiro atoms. The van der Waals surface area contributed by atoms with Gasteiger partial charge in [-0.25, -0.2) is 4.98 Å². The molecule has 1 aliphatic rings. The zero-order valence-corrected chi connectivity index (χ0v) is 16.3. The van der Waals surface area contributed by atoms with E-state index in [-0.39, 0.29) is 18.1 Å². The average Bonchev–Trinajstić information content (AvgIpc) is 3.12. The molecule has 152 valence electrons. The first-order valence-corrected chi connectivity index (χ1v) is 10.0. The van der Waals surface area contributed by atoms with Crippen molar-refractivity contribution in [3.05, 3.63) is 54.1 Å². The van der Waals surface area contributed by atoms with Crippen molar-refractivity contribution in [1.82, 2.24) is 9.88 Å². The highest BCUT2D eigenvalue weighted by molar-refractivity contribution is 7.22. The molecule has 0 unspecified atom stereocenters. The van der Waals surface area contributed by atoms with Gasteiger partial charge in [0.1, 0.15) is 0 Å². The summed E-state index contributed by atoms with van der Waals surface area (Å²) < 4.78 is 39.5. The predicted molar refractivity (Wildman–Crippen MR) is 108 cm³/mol. The Morgan fingerprint density at radius 1 is 1.07 bits per heavy atom. The topological polar surface area (TPSA) is 48.5 Å². The number of fused-ring (bicyclic) bond motifs is 1. The number of nitrogens with zero attached hydrogens (tertiary/aromatic N) is 3. The fourth-order valence-electron chi connectivity index (χ4n) is 3.27. The van der Waals surface area contributed by atoms with Crippen LogP contribution in [0.3, 0.4) is 0 Å². The molecule has 0 aliphatic carbocycles. The van der Waals surface area contributed by atoms with E-state index >= 15 is 0 Å². The lowest BCUT2D eigenvalue weighted by atomic mass is 10.2. The molecule has 1 N–H and O–H groups in total. The highest BCUT2D eigenvalue weighted by atomic mass is 32.1. The van der Waals surface area contributed by atoms with Gasteiger partial charge >= 0.3 is 6.18 Å². The highest BCUT2D eigenvalue weighted by Gasteiger charge is 2.30. The summed E-state index contributed by atoms with van der Waals surface area (Å²) in [6, 6.07) is 12.7. The summed E-state index contributed by atoms with van der Waals surface area (Å²) in [5, 5.41) is 3.53. The second-order valence-electron chi connectivity index (χ2n) is 6.85. The average molecular weight is 420 g/mol. The molecule has 0 bridgehead atoms. The number of anilines is 2. The Hall–Kier alpha value is -2.65. The summed E-state index contributed by atoms with van der Waals surface area (Å²) in [7, 11) is 0. The van der Waals surface area contributed by atoms with Crippen LogP contribution in [0.15, 0.2) is 48.5 Å². The zero-order chi connectivity index (χ0) is 20.4. The third kappa shape index (κ3) is 4.68. The van der Waals surface area contributed by atoms with Gasteiger partial charge in [-0.1, -0.05) is 29.5 Å². The molecular formula is C20H19F3N4OS. The van der Waals surface area contributed by atoms with E-state index in [9.17, 15) is 18.0 Å². The molecule has 9 heteroatoms. The van der Waals surface area contributed by atoms with Crippen LogP contribution in [0.5, 0.6) is 0 Å². The SMILES string of the molecule is O=C(CN1CCN(c2nc3ccccc3s2)CC1)Nc1cccc(C(F)(F)F)c1. The summed E-state index contributed by atoms with van der Waals surface area (Å²) in [5.74, 6) is -0.322. The maximum Gasteiger partial charge on any atom is 0.416 e. The van der Waals surface area contributed by atoms with Crippen molar-refractivity contribution in [3.8, 4) is 0 Å². The van der Waals surface area contributed by atoms with Gasteiger partial charge in [0, 0.05) is 31.9 Å². The van der Waals surface area contributed by atoms with Crippen LogP contribution in [0.1, 0.15) is 5.56 Å². The van der Waals surface area contributed by atoms with E-state index in [1.54, 1.807) is 11.3 Å². The lowest BCUT2D eigenvalue weighted by Gasteiger charge is -2.34. The van der Waals surface area contributed by atoms with Crippen molar-refractivity contribution in [2.45, 2.75) is 6.18 Å². The number of piperazine rings is 1. The summed E-state index contributed by atoms with van der Waals surface area (Å²) in [4.78, 5) is 21.1. The summed E-state index contributed by atoms with van der Waals surface area (Å²) in [5.41, 5.74) is 0.355. The van der Waals surface area contributed by atoms with Gasteiger partial charge < -0.3 is 10.2 Å². The normalized spacial score (nSPS) is 15.6. The number of hydrogen-bond donors (Lipinski definition) is 1. The Bertz CT molecular complexity index is 979. The van der Waals surface area contributed by atoms with Crippen molar-refractivity contribution in [2.75, 3.05) is 42.9 Å². The number of carbonyl (C=O) groups excluding carboxylic acids is 1. The molecule has 1 fully saturated rings. The number of alkyl halides is 3. The molecule has 5 nitrogen and oxygen atoms in total. The second kappa shape index (κ2) is 8.00. The molecule has 1 saturated heterocycles. The summed E-state index contributed by atoms with van der Waals surface area (Å²) >= 11 is 1.65. The summed E-state index contributed by atoms with van der Waals surface area (Å²) in [6.45, 7) is 3.01. The van der Waals surface area contributed by atoms with Gasteiger partial charge in [0.15, 0.2) is 5.13 Å². The second-order valence-corrected chi connectivity index (χ2v) is 7.86. The first-order valence-electron chi connectivity index (χ1n) is 9.18. The standard InChI is InChI=1S/C20H19F3N4OS/c21-20(22,23)14-4-3-5-15(12-14)24-18(28)13-26-8-10-27(11-9-26)19-25-16-6-1-2-7-17(16)29-19/h1-7,12H,8-11,13H2,(H,24,28). The number of halogens is 3. The van der Waals surface area contributed by atoms with Crippen molar-refractivity contribution >= 4 is 38.3 Å². The molecule has 0 atom stereocenters. The van der Waals surface area contributed by atoms with Crippen molar-refractivity contribution in [3.63, 3.8) is 0 Å². The van der Waals surface area contributed by atoms with Crippen molar-refractivity contribution in [2.24, 2.45) is 0 Å². The van der Waals surface area contributed by atoms with Gasteiger partial charge in [0.2, 0.25) is 5.91 Å². The van der Waals surface area contributed by atoms with E-state index in [2.05, 4.69) is 15.2 Å². The van der Waals surface area contributed by atoms with Gasteiger partial charge in [-0.15, -0.1) is 0 Å². The van der Waals surface area contributed by atoms with Gasteiger partial charge in [0.05, 0.1) is 22.3 Å². The molecule has 0 saturated carbocycles. The highest BCUT2D eigenvalue weighted by Crippen LogP contribution is 2.31. The van der Waals surface area contributed by atoms with E-state index in [0.717, 1.165) is 40.6 Å². The monoisotopic (exact) mass is 420 g/mol. The fourth-order valence-corrected chi connectivity index (χ4v) is 4.29. The van der Waals surface area contributed by atoms with Gasteiger partial charge in [-0.2, -0.15) is 13.2 Å². The number of carbonyl (C=O) groups is 1. The Kier molecular flexibility index (Phi) is 5.42. The van der Waals surface area contributed by atoms with Crippen LogP contribution in [-0.2, 0) is 11.0 Å².